The lowest BCUT2D eigenvalue weighted by atomic mass is 10.2. The third kappa shape index (κ3) is 2.75. The third-order valence-corrected chi connectivity index (χ3v) is 4.15. The fourth-order valence-electron chi connectivity index (χ4n) is 2.01. The summed E-state index contributed by atoms with van der Waals surface area (Å²) in [5.41, 5.74) is 0.691. The SMILES string of the molecule is CC(C)CNc1nnc(-c2cccn(C3CC3)c2=O)s1. The molecule has 0 saturated heterocycles. The van der Waals surface area contributed by atoms with Gasteiger partial charge in [0.25, 0.3) is 5.56 Å². The molecule has 0 amide bonds. The van der Waals surface area contributed by atoms with Gasteiger partial charge in [-0.25, -0.2) is 0 Å². The molecule has 0 aromatic carbocycles. The monoisotopic (exact) mass is 290 g/mol. The Bertz CT molecular complexity index is 657. The van der Waals surface area contributed by atoms with Crippen LogP contribution in [0.25, 0.3) is 10.6 Å². The molecular weight excluding hydrogens is 272 g/mol. The van der Waals surface area contributed by atoms with E-state index in [-0.39, 0.29) is 5.56 Å². The molecule has 1 saturated carbocycles. The molecule has 2 heterocycles. The lowest BCUT2D eigenvalue weighted by Gasteiger charge is -2.04. The van der Waals surface area contributed by atoms with Gasteiger partial charge >= 0.3 is 0 Å². The number of hydrogen-bond donors (Lipinski definition) is 1. The molecule has 106 valence electrons. The maximum Gasteiger partial charge on any atom is 0.261 e. The fraction of sp³-hybridized carbons (Fsp3) is 0.500. The van der Waals surface area contributed by atoms with Crippen molar-refractivity contribution in [2.75, 3.05) is 11.9 Å². The molecule has 0 unspecified atom stereocenters. The van der Waals surface area contributed by atoms with Crippen molar-refractivity contribution in [3.63, 3.8) is 0 Å². The molecule has 20 heavy (non-hydrogen) atoms. The van der Waals surface area contributed by atoms with Crippen molar-refractivity contribution in [1.29, 1.82) is 0 Å². The van der Waals surface area contributed by atoms with Crippen molar-refractivity contribution in [1.82, 2.24) is 14.8 Å². The number of pyridine rings is 1. The molecule has 1 N–H and O–H groups in total. The highest BCUT2D eigenvalue weighted by Gasteiger charge is 2.25. The van der Waals surface area contributed by atoms with Gasteiger partial charge in [0, 0.05) is 18.8 Å². The van der Waals surface area contributed by atoms with Crippen LogP contribution >= 0.6 is 11.3 Å². The molecule has 6 heteroatoms. The van der Waals surface area contributed by atoms with Gasteiger partial charge in [-0.15, -0.1) is 10.2 Å². The Labute approximate surface area is 121 Å². The van der Waals surface area contributed by atoms with E-state index >= 15 is 0 Å². The van der Waals surface area contributed by atoms with Gasteiger partial charge in [-0.3, -0.25) is 4.79 Å². The molecule has 1 fully saturated rings. The Morgan fingerprint density at radius 2 is 2.25 bits per heavy atom. The molecule has 5 nitrogen and oxygen atoms in total. The van der Waals surface area contributed by atoms with Crippen LogP contribution in [-0.2, 0) is 0 Å². The van der Waals surface area contributed by atoms with Crippen LogP contribution in [0.5, 0.6) is 0 Å². The van der Waals surface area contributed by atoms with Gasteiger partial charge in [-0.2, -0.15) is 0 Å². The summed E-state index contributed by atoms with van der Waals surface area (Å²) in [6.07, 6.45) is 4.06. The molecule has 2 aromatic rings. The molecule has 0 bridgehead atoms. The van der Waals surface area contributed by atoms with Crippen molar-refractivity contribution >= 4 is 16.5 Å². The van der Waals surface area contributed by atoms with Crippen LogP contribution in [0.4, 0.5) is 5.13 Å². The standard InChI is InChI=1S/C14H18N4OS/c1-9(2)8-15-14-17-16-12(20-14)11-4-3-7-18(13(11)19)10-5-6-10/h3-4,7,9-10H,5-6,8H2,1-2H3,(H,15,17). The first-order valence-electron chi connectivity index (χ1n) is 6.94. The van der Waals surface area contributed by atoms with Crippen LogP contribution in [0.3, 0.4) is 0 Å². The Hall–Kier alpha value is -1.69. The van der Waals surface area contributed by atoms with Crippen molar-refractivity contribution in [3.8, 4) is 10.6 Å². The topological polar surface area (TPSA) is 59.8 Å². The molecule has 2 aromatic heterocycles. The Morgan fingerprint density at radius 3 is 2.95 bits per heavy atom. The minimum absolute atomic E-state index is 0.0431. The van der Waals surface area contributed by atoms with Gasteiger partial charge in [0.2, 0.25) is 5.13 Å². The molecule has 3 rings (SSSR count). The van der Waals surface area contributed by atoms with Gasteiger partial charge in [-0.1, -0.05) is 25.2 Å². The van der Waals surface area contributed by atoms with E-state index in [4.69, 9.17) is 0 Å². The predicted octanol–water partition coefficient (Wildman–Crippen LogP) is 2.77. The van der Waals surface area contributed by atoms with E-state index in [2.05, 4.69) is 29.4 Å². The summed E-state index contributed by atoms with van der Waals surface area (Å²) >= 11 is 1.44. The van der Waals surface area contributed by atoms with Crippen molar-refractivity contribution in [2.24, 2.45) is 5.92 Å². The Balaban J connectivity index is 1.86. The molecule has 0 aliphatic heterocycles. The largest absolute Gasteiger partial charge is 0.360 e. The first-order valence-corrected chi connectivity index (χ1v) is 7.75. The molecule has 0 atom stereocenters. The van der Waals surface area contributed by atoms with Gasteiger partial charge in [0.05, 0.1) is 5.56 Å². The van der Waals surface area contributed by atoms with E-state index in [0.717, 1.165) is 24.5 Å². The number of nitrogens with zero attached hydrogens (tertiary/aromatic N) is 3. The zero-order chi connectivity index (χ0) is 14.1. The molecule has 1 aliphatic carbocycles. The van der Waals surface area contributed by atoms with E-state index in [1.165, 1.54) is 11.3 Å². The first-order chi connectivity index (χ1) is 9.65. The minimum atomic E-state index is 0.0431. The number of rotatable bonds is 5. The maximum atomic E-state index is 12.4. The summed E-state index contributed by atoms with van der Waals surface area (Å²) in [5, 5.41) is 12.9. The predicted molar refractivity (Wildman–Crippen MR) is 81.2 cm³/mol. The van der Waals surface area contributed by atoms with E-state index in [1.807, 2.05) is 22.9 Å². The summed E-state index contributed by atoms with van der Waals surface area (Å²) in [6.45, 7) is 5.14. The number of hydrogen-bond acceptors (Lipinski definition) is 5. The average molecular weight is 290 g/mol. The zero-order valence-electron chi connectivity index (χ0n) is 11.7. The second-order valence-corrected chi connectivity index (χ2v) is 6.53. The number of nitrogens with one attached hydrogen (secondary N) is 1. The van der Waals surface area contributed by atoms with Crippen LogP contribution in [-0.4, -0.2) is 21.3 Å². The average Bonchev–Trinajstić information content (AvgIpc) is 3.15. The summed E-state index contributed by atoms with van der Waals surface area (Å²) in [4.78, 5) is 12.4. The van der Waals surface area contributed by atoms with E-state index < -0.39 is 0 Å². The van der Waals surface area contributed by atoms with Gasteiger partial charge in [0.1, 0.15) is 0 Å². The molecule has 0 spiro atoms. The van der Waals surface area contributed by atoms with Crippen LogP contribution in [0, 0.1) is 5.92 Å². The number of aromatic nitrogens is 3. The summed E-state index contributed by atoms with van der Waals surface area (Å²) in [7, 11) is 0. The van der Waals surface area contributed by atoms with Gasteiger partial charge < -0.3 is 9.88 Å². The highest BCUT2D eigenvalue weighted by molar-refractivity contribution is 7.18. The van der Waals surface area contributed by atoms with E-state index in [0.29, 0.717) is 22.5 Å². The smallest absolute Gasteiger partial charge is 0.261 e. The van der Waals surface area contributed by atoms with Gasteiger partial charge in [-0.05, 0) is 30.9 Å². The summed E-state index contributed by atoms with van der Waals surface area (Å²) in [6, 6.07) is 4.12. The number of anilines is 1. The lowest BCUT2D eigenvalue weighted by Crippen LogP contribution is -2.19. The quantitative estimate of drug-likeness (QED) is 0.920. The van der Waals surface area contributed by atoms with E-state index in [1.54, 1.807) is 0 Å². The third-order valence-electron chi connectivity index (χ3n) is 3.23. The van der Waals surface area contributed by atoms with Crippen LogP contribution in [0.15, 0.2) is 23.1 Å². The minimum Gasteiger partial charge on any atom is -0.360 e. The Morgan fingerprint density at radius 1 is 1.45 bits per heavy atom. The van der Waals surface area contributed by atoms with Crippen LogP contribution in [0.1, 0.15) is 32.7 Å². The zero-order valence-corrected chi connectivity index (χ0v) is 12.5. The normalized spacial score (nSPS) is 14.8. The highest BCUT2D eigenvalue weighted by atomic mass is 32.1. The van der Waals surface area contributed by atoms with Crippen molar-refractivity contribution in [3.05, 3.63) is 28.7 Å². The first kappa shape index (κ1) is 13.3. The van der Waals surface area contributed by atoms with Crippen molar-refractivity contribution < 1.29 is 0 Å². The Kier molecular flexibility index (Phi) is 3.56. The van der Waals surface area contributed by atoms with Crippen molar-refractivity contribution in [2.45, 2.75) is 32.7 Å². The van der Waals surface area contributed by atoms with E-state index in [9.17, 15) is 4.79 Å². The van der Waals surface area contributed by atoms with Crippen LogP contribution < -0.4 is 10.9 Å². The molecular formula is C14H18N4OS. The lowest BCUT2D eigenvalue weighted by molar-refractivity contribution is 0.687. The second-order valence-electron chi connectivity index (χ2n) is 5.55. The molecule has 1 aliphatic rings. The van der Waals surface area contributed by atoms with Gasteiger partial charge in [0.15, 0.2) is 5.01 Å². The summed E-state index contributed by atoms with van der Waals surface area (Å²) < 4.78 is 1.82. The van der Waals surface area contributed by atoms with Crippen LogP contribution in [0.2, 0.25) is 0 Å². The second kappa shape index (κ2) is 5.36. The molecule has 0 radical (unpaired) electrons. The summed E-state index contributed by atoms with van der Waals surface area (Å²) in [5.74, 6) is 0.547. The fourth-order valence-corrected chi connectivity index (χ4v) is 2.78. The highest BCUT2D eigenvalue weighted by Crippen LogP contribution is 2.34. The maximum absolute atomic E-state index is 12.4.